The zero-order valence-electron chi connectivity index (χ0n) is 8.04. The van der Waals surface area contributed by atoms with Crippen LogP contribution in [0.4, 0.5) is 4.39 Å². The lowest BCUT2D eigenvalue weighted by atomic mass is 10.3. The summed E-state index contributed by atoms with van der Waals surface area (Å²) in [7, 11) is 1.81. The molecule has 0 amide bonds. The summed E-state index contributed by atoms with van der Waals surface area (Å²) in [5.74, 6) is -0.122. The number of ether oxygens (including phenoxy) is 1. The first kappa shape index (κ1) is 8.99. The number of benzene rings is 1. The van der Waals surface area contributed by atoms with Crippen molar-refractivity contribution in [3.63, 3.8) is 0 Å². The Bertz CT molecular complexity index is 464. The minimum Gasteiger partial charge on any atom is -0.491 e. The molecule has 0 saturated carbocycles. The molecule has 0 saturated heterocycles. The number of nitrogens with zero attached hydrogens (tertiary/aromatic N) is 2. The molecule has 1 aromatic heterocycles. The molecule has 2 aromatic rings. The van der Waals surface area contributed by atoms with Crippen LogP contribution in [0.3, 0.4) is 0 Å². The number of hydrogen-bond donors (Lipinski definition) is 0. The fourth-order valence-electron chi connectivity index (χ4n) is 1.34. The van der Waals surface area contributed by atoms with E-state index in [-0.39, 0.29) is 11.6 Å². The lowest BCUT2D eigenvalue weighted by Gasteiger charge is -2.04. The second kappa shape index (κ2) is 3.29. The number of imidazole rings is 1. The average Bonchev–Trinajstić information content (AvgIpc) is 2.49. The third kappa shape index (κ3) is 1.32. The van der Waals surface area contributed by atoms with Crippen molar-refractivity contribution in [3.05, 3.63) is 24.3 Å². The molecule has 73 valence electrons. The van der Waals surface area contributed by atoms with E-state index < -0.39 is 0 Å². The van der Waals surface area contributed by atoms with E-state index in [2.05, 4.69) is 11.3 Å². The van der Waals surface area contributed by atoms with Gasteiger partial charge in [-0.15, -0.1) is 0 Å². The SMILES string of the molecule is CCOc1cc2c(cc1F)n[c]n2C. The van der Waals surface area contributed by atoms with Gasteiger partial charge in [-0.05, 0) is 6.92 Å². The first-order valence-corrected chi connectivity index (χ1v) is 4.39. The summed E-state index contributed by atoms with van der Waals surface area (Å²) >= 11 is 0. The third-order valence-corrected chi connectivity index (χ3v) is 2.01. The molecule has 0 spiro atoms. The Hall–Kier alpha value is -1.58. The molecule has 0 atom stereocenters. The molecule has 0 unspecified atom stereocenters. The Morgan fingerprint density at radius 1 is 1.57 bits per heavy atom. The Labute approximate surface area is 81.1 Å². The van der Waals surface area contributed by atoms with Gasteiger partial charge in [-0.2, -0.15) is 0 Å². The van der Waals surface area contributed by atoms with E-state index in [1.807, 2.05) is 14.0 Å². The van der Waals surface area contributed by atoms with Crippen LogP contribution in [-0.2, 0) is 7.05 Å². The van der Waals surface area contributed by atoms with E-state index in [4.69, 9.17) is 4.74 Å². The van der Waals surface area contributed by atoms with Crippen molar-refractivity contribution in [2.24, 2.45) is 7.05 Å². The van der Waals surface area contributed by atoms with Crippen LogP contribution in [0.5, 0.6) is 5.75 Å². The number of fused-ring (bicyclic) bond motifs is 1. The second-order valence-electron chi connectivity index (χ2n) is 2.98. The number of aromatic nitrogens is 2. The molecule has 2 rings (SSSR count). The molecule has 14 heavy (non-hydrogen) atoms. The summed E-state index contributed by atoms with van der Waals surface area (Å²) in [5.41, 5.74) is 1.41. The summed E-state index contributed by atoms with van der Waals surface area (Å²) in [5, 5.41) is 0. The number of aryl methyl sites for hydroxylation is 1. The molecule has 1 heterocycles. The van der Waals surface area contributed by atoms with Crippen LogP contribution < -0.4 is 4.74 Å². The molecule has 0 aliphatic rings. The highest BCUT2D eigenvalue weighted by atomic mass is 19.1. The van der Waals surface area contributed by atoms with Gasteiger partial charge in [0, 0.05) is 19.2 Å². The van der Waals surface area contributed by atoms with E-state index in [1.165, 1.54) is 6.07 Å². The lowest BCUT2D eigenvalue weighted by molar-refractivity contribution is 0.322. The Kier molecular flexibility index (Phi) is 2.11. The molecular formula is C10H10FN2O. The first-order valence-electron chi connectivity index (χ1n) is 4.39. The number of rotatable bonds is 2. The van der Waals surface area contributed by atoms with Crippen LogP contribution in [-0.4, -0.2) is 16.2 Å². The van der Waals surface area contributed by atoms with Gasteiger partial charge in [0.2, 0.25) is 0 Å². The summed E-state index contributed by atoms with van der Waals surface area (Å²) in [4.78, 5) is 3.92. The van der Waals surface area contributed by atoms with E-state index in [0.717, 1.165) is 5.52 Å². The van der Waals surface area contributed by atoms with Gasteiger partial charge in [0.25, 0.3) is 0 Å². The van der Waals surface area contributed by atoms with E-state index in [1.54, 1.807) is 10.6 Å². The van der Waals surface area contributed by atoms with Crippen molar-refractivity contribution in [2.45, 2.75) is 6.92 Å². The van der Waals surface area contributed by atoms with Crippen molar-refractivity contribution < 1.29 is 9.13 Å². The Morgan fingerprint density at radius 2 is 2.36 bits per heavy atom. The zero-order chi connectivity index (χ0) is 10.1. The number of halogens is 1. The minimum absolute atomic E-state index is 0.261. The van der Waals surface area contributed by atoms with Gasteiger partial charge >= 0.3 is 0 Å². The molecule has 0 aliphatic carbocycles. The smallest absolute Gasteiger partial charge is 0.177 e. The Balaban J connectivity index is 2.61. The maximum atomic E-state index is 13.3. The van der Waals surface area contributed by atoms with Gasteiger partial charge < -0.3 is 9.30 Å². The highest BCUT2D eigenvalue weighted by Gasteiger charge is 2.08. The van der Waals surface area contributed by atoms with Gasteiger partial charge in [0.15, 0.2) is 17.9 Å². The summed E-state index contributed by atoms with van der Waals surface area (Å²) in [6.45, 7) is 2.27. The predicted octanol–water partition coefficient (Wildman–Crippen LogP) is 1.91. The summed E-state index contributed by atoms with van der Waals surface area (Å²) < 4.78 is 20.2. The predicted molar refractivity (Wildman–Crippen MR) is 50.7 cm³/mol. The largest absolute Gasteiger partial charge is 0.491 e. The molecule has 1 aromatic carbocycles. The monoisotopic (exact) mass is 193 g/mol. The van der Waals surface area contributed by atoms with Crippen molar-refractivity contribution >= 4 is 11.0 Å². The van der Waals surface area contributed by atoms with Crippen LogP contribution in [0, 0.1) is 12.1 Å². The maximum Gasteiger partial charge on any atom is 0.177 e. The van der Waals surface area contributed by atoms with Crippen LogP contribution in [0.25, 0.3) is 11.0 Å². The van der Waals surface area contributed by atoms with E-state index in [0.29, 0.717) is 12.1 Å². The molecule has 0 aliphatic heterocycles. The summed E-state index contributed by atoms with van der Waals surface area (Å²) in [6, 6.07) is 2.99. The van der Waals surface area contributed by atoms with Crippen LogP contribution in [0.1, 0.15) is 6.92 Å². The molecule has 3 nitrogen and oxygen atoms in total. The van der Waals surface area contributed by atoms with Crippen LogP contribution in [0.15, 0.2) is 12.1 Å². The van der Waals surface area contributed by atoms with Gasteiger partial charge in [-0.3, -0.25) is 0 Å². The van der Waals surface area contributed by atoms with Crippen LogP contribution in [0.2, 0.25) is 0 Å². The Morgan fingerprint density at radius 3 is 3.07 bits per heavy atom. The highest BCUT2D eigenvalue weighted by Crippen LogP contribution is 2.23. The lowest BCUT2D eigenvalue weighted by Crippen LogP contribution is -1.95. The van der Waals surface area contributed by atoms with Crippen molar-refractivity contribution in [2.75, 3.05) is 6.61 Å². The minimum atomic E-state index is -0.383. The third-order valence-electron chi connectivity index (χ3n) is 2.01. The van der Waals surface area contributed by atoms with Gasteiger partial charge in [0.05, 0.1) is 17.6 Å². The quantitative estimate of drug-likeness (QED) is 0.728. The topological polar surface area (TPSA) is 27.1 Å². The van der Waals surface area contributed by atoms with Crippen LogP contribution >= 0.6 is 0 Å². The normalized spacial score (nSPS) is 10.8. The van der Waals surface area contributed by atoms with Crippen molar-refractivity contribution in [1.82, 2.24) is 9.55 Å². The molecule has 0 N–H and O–H groups in total. The molecular weight excluding hydrogens is 183 g/mol. The second-order valence-corrected chi connectivity index (χ2v) is 2.98. The van der Waals surface area contributed by atoms with E-state index in [9.17, 15) is 4.39 Å². The zero-order valence-corrected chi connectivity index (χ0v) is 8.04. The molecule has 0 bridgehead atoms. The van der Waals surface area contributed by atoms with Crippen molar-refractivity contribution in [1.29, 1.82) is 0 Å². The first-order chi connectivity index (χ1) is 6.72. The van der Waals surface area contributed by atoms with Crippen molar-refractivity contribution in [3.8, 4) is 5.75 Å². The highest BCUT2D eigenvalue weighted by molar-refractivity contribution is 5.77. The fraction of sp³-hybridized carbons (Fsp3) is 0.300. The average molecular weight is 193 g/mol. The van der Waals surface area contributed by atoms with E-state index >= 15 is 0 Å². The fourth-order valence-corrected chi connectivity index (χ4v) is 1.34. The molecule has 1 radical (unpaired) electrons. The molecule has 0 fully saturated rings. The summed E-state index contributed by atoms with van der Waals surface area (Å²) in [6.07, 6.45) is 2.72. The standard InChI is InChI=1S/C10H10FN2O/c1-3-14-10-5-9-8(4-7(10)11)12-6-13(9)2/h4-5H,3H2,1-2H3. The maximum absolute atomic E-state index is 13.3. The van der Waals surface area contributed by atoms with Gasteiger partial charge in [-0.1, -0.05) is 0 Å². The van der Waals surface area contributed by atoms with Gasteiger partial charge in [-0.25, -0.2) is 9.37 Å². The number of hydrogen-bond acceptors (Lipinski definition) is 2. The van der Waals surface area contributed by atoms with Gasteiger partial charge in [0.1, 0.15) is 0 Å². The molecule has 4 heteroatoms.